The molecule has 0 radical (unpaired) electrons. The van der Waals surface area contributed by atoms with Crippen molar-refractivity contribution >= 4 is 37.6 Å². The van der Waals surface area contributed by atoms with Gasteiger partial charge in [0.1, 0.15) is 27.5 Å². The van der Waals surface area contributed by atoms with Gasteiger partial charge in [0.05, 0.1) is 13.2 Å². The number of aryl methyl sites for hydroxylation is 1. The number of fused-ring (bicyclic) bond motifs is 5. The molecule has 8 nitrogen and oxygen atoms in total. The minimum Gasteiger partial charge on any atom is -0.473 e. The summed E-state index contributed by atoms with van der Waals surface area (Å²) < 4.78 is 17.0. The van der Waals surface area contributed by atoms with Crippen molar-refractivity contribution in [3.63, 3.8) is 0 Å². The van der Waals surface area contributed by atoms with Gasteiger partial charge in [-0.15, -0.1) is 16.4 Å². The number of nitrogens with zero attached hydrogens (tertiary/aromatic N) is 5. The van der Waals surface area contributed by atoms with Crippen molar-refractivity contribution in [1.82, 2.24) is 20.4 Å². The molecule has 0 N–H and O–H groups in total. The van der Waals surface area contributed by atoms with E-state index in [1.807, 2.05) is 0 Å². The molecule has 1 aliphatic carbocycles. The second-order valence-corrected chi connectivity index (χ2v) is 7.91. The molecule has 0 unspecified atom stereocenters. The Morgan fingerprint density at radius 2 is 1.79 bits per heavy atom. The molecule has 0 spiro atoms. The summed E-state index contributed by atoms with van der Waals surface area (Å²) in [6.07, 6.45) is 4.44. The van der Waals surface area contributed by atoms with Gasteiger partial charge in [0.15, 0.2) is 0 Å². The predicted octanol–water partition coefficient (Wildman–Crippen LogP) is 2.62. The van der Waals surface area contributed by atoms with Crippen LogP contribution in [-0.2, 0) is 22.3 Å². The van der Waals surface area contributed by atoms with Gasteiger partial charge in [-0.05, 0) is 42.0 Å². The summed E-state index contributed by atoms with van der Waals surface area (Å²) in [5.41, 5.74) is 3.53. The van der Waals surface area contributed by atoms with E-state index in [2.05, 4.69) is 27.4 Å². The Labute approximate surface area is 167 Å². The molecule has 0 aliphatic heterocycles. The minimum atomic E-state index is 0.426. The van der Waals surface area contributed by atoms with Gasteiger partial charge in [0.25, 0.3) is 5.88 Å². The zero-order valence-electron chi connectivity index (χ0n) is 16.5. The van der Waals surface area contributed by atoms with Crippen molar-refractivity contribution in [2.24, 2.45) is 0 Å². The number of pyridine rings is 1. The van der Waals surface area contributed by atoms with Crippen molar-refractivity contribution in [2.75, 3.05) is 52.5 Å². The molecular weight excluding hydrogens is 378 g/mol. The lowest BCUT2D eigenvalue weighted by molar-refractivity contribution is 0.144. The van der Waals surface area contributed by atoms with Crippen molar-refractivity contribution in [2.45, 2.75) is 25.7 Å². The lowest BCUT2D eigenvalue weighted by atomic mass is 9.90. The third kappa shape index (κ3) is 3.49. The van der Waals surface area contributed by atoms with Crippen LogP contribution in [0, 0.1) is 0 Å². The van der Waals surface area contributed by atoms with Crippen LogP contribution in [0.2, 0.25) is 0 Å². The molecule has 3 aromatic rings. The highest BCUT2D eigenvalue weighted by Crippen LogP contribution is 2.42. The van der Waals surface area contributed by atoms with Crippen molar-refractivity contribution < 1.29 is 14.2 Å². The second kappa shape index (κ2) is 8.50. The molecule has 0 saturated carbocycles. The summed E-state index contributed by atoms with van der Waals surface area (Å²) in [4.78, 5) is 8.19. The lowest BCUT2D eigenvalue weighted by Gasteiger charge is -2.25. The molecule has 4 rings (SSSR count). The molecule has 150 valence electrons. The Hall–Kier alpha value is -2.10. The highest BCUT2D eigenvalue weighted by molar-refractivity contribution is 7.25. The first-order valence-corrected chi connectivity index (χ1v) is 10.3. The molecule has 9 heteroatoms. The fourth-order valence-electron chi connectivity index (χ4n) is 3.71. The van der Waals surface area contributed by atoms with Crippen LogP contribution in [0.3, 0.4) is 0 Å². The van der Waals surface area contributed by atoms with E-state index in [9.17, 15) is 0 Å². The van der Waals surface area contributed by atoms with Crippen LogP contribution in [0.1, 0.15) is 24.0 Å². The van der Waals surface area contributed by atoms with Crippen LogP contribution in [-0.4, -0.2) is 68.0 Å². The number of anilines is 1. The molecule has 0 aromatic carbocycles. The predicted molar refractivity (Wildman–Crippen MR) is 110 cm³/mol. The maximum absolute atomic E-state index is 5.78. The minimum absolute atomic E-state index is 0.426. The number of hydrogen-bond acceptors (Lipinski definition) is 9. The molecular formula is C19H25N5O3S. The molecule has 1 aliphatic rings. The topological polar surface area (TPSA) is 82.5 Å². The summed E-state index contributed by atoms with van der Waals surface area (Å²) in [5, 5.41) is 13.5. The third-order valence-corrected chi connectivity index (χ3v) is 6.17. The summed E-state index contributed by atoms with van der Waals surface area (Å²) in [6, 6.07) is 0. The number of methoxy groups -OCH3 is 2. The van der Waals surface area contributed by atoms with Crippen LogP contribution >= 0.6 is 11.3 Å². The second-order valence-electron chi connectivity index (χ2n) is 6.91. The maximum Gasteiger partial charge on any atom is 0.255 e. The van der Waals surface area contributed by atoms with Crippen LogP contribution in [0.15, 0.2) is 0 Å². The molecule has 28 heavy (non-hydrogen) atoms. The van der Waals surface area contributed by atoms with E-state index in [4.69, 9.17) is 19.2 Å². The lowest BCUT2D eigenvalue weighted by Crippen LogP contribution is -2.25. The average Bonchev–Trinajstić information content (AvgIpc) is 3.11. The van der Waals surface area contributed by atoms with Gasteiger partial charge in [0.2, 0.25) is 0 Å². The van der Waals surface area contributed by atoms with Gasteiger partial charge < -0.3 is 19.1 Å². The van der Waals surface area contributed by atoms with E-state index in [0.29, 0.717) is 25.7 Å². The standard InChI is InChI=1S/C19H25N5O3S/c1-24(8-9-25-2)17-13-7-5-4-6-12(13)14-15-16(28-19(14)20-17)18(22-23-21-15)27-11-10-26-3/h4-11H2,1-3H3. The van der Waals surface area contributed by atoms with Crippen molar-refractivity contribution in [3.8, 4) is 5.88 Å². The number of rotatable bonds is 8. The first-order chi connectivity index (χ1) is 13.7. The monoisotopic (exact) mass is 403 g/mol. The van der Waals surface area contributed by atoms with E-state index in [1.165, 1.54) is 24.0 Å². The van der Waals surface area contributed by atoms with E-state index >= 15 is 0 Å². The molecule has 3 heterocycles. The summed E-state index contributed by atoms with van der Waals surface area (Å²) in [5.74, 6) is 1.55. The summed E-state index contributed by atoms with van der Waals surface area (Å²) >= 11 is 1.57. The van der Waals surface area contributed by atoms with Gasteiger partial charge in [-0.3, -0.25) is 0 Å². The normalized spacial score (nSPS) is 13.8. The zero-order chi connectivity index (χ0) is 19.5. The number of hydrogen-bond donors (Lipinski definition) is 0. The molecule has 0 saturated heterocycles. The molecule has 0 fully saturated rings. The van der Waals surface area contributed by atoms with Crippen LogP contribution in [0.25, 0.3) is 20.4 Å². The van der Waals surface area contributed by atoms with Gasteiger partial charge in [0, 0.05) is 33.2 Å². The number of ether oxygens (including phenoxy) is 3. The molecule has 0 amide bonds. The highest BCUT2D eigenvalue weighted by atomic mass is 32.1. The van der Waals surface area contributed by atoms with Crippen molar-refractivity contribution in [1.29, 1.82) is 0 Å². The highest BCUT2D eigenvalue weighted by Gasteiger charge is 2.25. The van der Waals surface area contributed by atoms with E-state index < -0.39 is 0 Å². The van der Waals surface area contributed by atoms with E-state index in [1.54, 1.807) is 25.6 Å². The first kappa shape index (κ1) is 19.2. The Bertz CT molecular complexity index is 977. The van der Waals surface area contributed by atoms with Crippen LogP contribution in [0.4, 0.5) is 5.82 Å². The summed E-state index contributed by atoms with van der Waals surface area (Å²) in [6.45, 7) is 2.40. The smallest absolute Gasteiger partial charge is 0.255 e. The SMILES string of the molecule is COCCOc1nnnc2c1sc1nc(N(C)CCOC)c3c(c12)CCCC3. The van der Waals surface area contributed by atoms with Gasteiger partial charge in [-0.2, -0.15) is 0 Å². The average molecular weight is 404 g/mol. The Balaban J connectivity index is 1.86. The fourth-order valence-corrected chi connectivity index (χ4v) is 4.79. The Morgan fingerprint density at radius 3 is 2.57 bits per heavy atom. The van der Waals surface area contributed by atoms with Gasteiger partial charge in [-0.1, -0.05) is 5.10 Å². The number of likely N-dealkylation sites (N-methyl/N-ethyl adjacent to an activating group) is 1. The third-order valence-electron chi connectivity index (χ3n) is 5.10. The maximum atomic E-state index is 5.78. The largest absolute Gasteiger partial charge is 0.473 e. The van der Waals surface area contributed by atoms with E-state index in [0.717, 1.165) is 45.6 Å². The van der Waals surface area contributed by atoms with Crippen molar-refractivity contribution in [3.05, 3.63) is 11.1 Å². The van der Waals surface area contributed by atoms with Crippen LogP contribution < -0.4 is 9.64 Å². The fraction of sp³-hybridized carbons (Fsp3) is 0.579. The quantitative estimate of drug-likeness (QED) is 0.531. The van der Waals surface area contributed by atoms with Gasteiger partial charge in [-0.25, -0.2) is 4.98 Å². The first-order valence-electron chi connectivity index (χ1n) is 9.53. The summed E-state index contributed by atoms with van der Waals surface area (Å²) in [7, 11) is 5.45. The van der Waals surface area contributed by atoms with Gasteiger partial charge >= 0.3 is 0 Å². The molecule has 0 bridgehead atoms. The number of aromatic nitrogens is 4. The Kier molecular flexibility index (Phi) is 5.84. The number of thiophene rings is 1. The zero-order valence-corrected chi connectivity index (χ0v) is 17.3. The van der Waals surface area contributed by atoms with Crippen LogP contribution in [0.5, 0.6) is 5.88 Å². The van der Waals surface area contributed by atoms with E-state index in [-0.39, 0.29) is 0 Å². The Morgan fingerprint density at radius 1 is 1.00 bits per heavy atom. The molecule has 3 aromatic heterocycles. The molecule has 0 atom stereocenters.